The van der Waals surface area contributed by atoms with E-state index in [0.29, 0.717) is 9.21 Å². The first-order valence-corrected chi connectivity index (χ1v) is 5.52. The number of likely N-dealkylation sites (N-methyl/N-ethyl adjacent to an activating group) is 1. The predicted molar refractivity (Wildman–Crippen MR) is 61.4 cm³/mol. The largest absolute Gasteiger partial charge is 0.297 e. The van der Waals surface area contributed by atoms with Crippen LogP contribution in [-0.4, -0.2) is 30.3 Å². The molecule has 1 aromatic rings. The van der Waals surface area contributed by atoms with E-state index in [1.54, 1.807) is 12.1 Å². The molecular formula is C10H14ClNOS. The summed E-state index contributed by atoms with van der Waals surface area (Å²) >= 11 is 7.12. The fraction of sp³-hybridized carbons (Fsp3) is 0.500. The molecule has 0 aliphatic rings. The van der Waals surface area contributed by atoms with E-state index in [0.717, 1.165) is 0 Å². The summed E-state index contributed by atoms with van der Waals surface area (Å²) in [5, 5.41) is 0. The first-order valence-electron chi connectivity index (χ1n) is 4.33. The van der Waals surface area contributed by atoms with Gasteiger partial charge in [-0.2, -0.15) is 0 Å². The second kappa shape index (κ2) is 4.01. The summed E-state index contributed by atoms with van der Waals surface area (Å²) in [5.74, 6) is 0.111. The lowest BCUT2D eigenvalue weighted by Crippen LogP contribution is -2.45. The van der Waals surface area contributed by atoms with Crippen molar-refractivity contribution in [2.24, 2.45) is 0 Å². The molecule has 1 rings (SSSR count). The van der Waals surface area contributed by atoms with Crippen molar-refractivity contribution in [3.63, 3.8) is 0 Å². The standard InChI is InChI=1S/C10H14ClNOS/c1-10(2,12(3)4)9(13)7-5-6-8(11)14-7/h5-6H,1-4H3. The van der Waals surface area contributed by atoms with E-state index in [2.05, 4.69) is 0 Å². The minimum absolute atomic E-state index is 0.111. The van der Waals surface area contributed by atoms with Crippen LogP contribution in [0.15, 0.2) is 12.1 Å². The lowest BCUT2D eigenvalue weighted by molar-refractivity contribution is 0.0760. The number of ketones is 1. The SMILES string of the molecule is CN(C)C(C)(C)C(=O)c1ccc(Cl)s1. The first-order chi connectivity index (χ1) is 6.35. The Bertz CT molecular complexity index is 344. The number of rotatable bonds is 3. The van der Waals surface area contributed by atoms with Crippen LogP contribution in [0.1, 0.15) is 23.5 Å². The molecule has 0 aliphatic carbocycles. The quantitative estimate of drug-likeness (QED) is 0.746. The number of carbonyl (C=O) groups is 1. The molecule has 0 saturated carbocycles. The Balaban J connectivity index is 2.96. The van der Waals surface area contributed by atoms with Gasteiger partial charge in [0.1, 0.15) is 0 Å². The highest BCUT2D eigenvalue weighted by atomic mass is 35.5. The van der Waals surface area contributed by atoms with Crippen LogP contribution in [0.25, 0.3) is 0 Å². The third kappa shape index (κ3) is 2.16. The molecule has 78 valence electrons. The van der Waals surface area contributed by atoms with Crippen molar-refractivity contribution >= 4 is 28.7 Å². The molecule has 0 radical (unpaired) electrons. The van der Waals surface area contributed by atoms with E-state index in [1.807, 2.05) is 32.8 Å². The fourth-order valence-electron chi connectivity index (χ4n) is 0.941. The second-order valence-electron chi connectivity index (χ2n) is 3.89. The summed E-state index contributed by atoms with van der Waals surface area (Å²) in [4.78, 5) is 14.7. The third-order valence-electron chi connectivity index (χ3n) is 2.47. The monoisotopic (exact) mass is 231 g/mol. The Morgan fingerprint density at radius 1 is 1.43 bits per heavy atom. The Labute approximate surface area is 93.5 Å². The van der Waals surface area contributed by atoms with Gasteiger partial charge in [-0.3, -0.25) is 9.69 Å². The van der Waals surface area contributed by atoms with Crippen molar-refractivity contribution in [3.8, 4) is 0 Å². The van der Waals surface area contributed by atoms with Gasteiger partial charge < -0.3 is 0 Å². The highest BCUT2D eigenvalue weighted by Gasteiger charge is 2.31. The van der Waals surface area contributed by atoms with Crippen LogP contribution >= 0.6 is 22.9 Å². The highest BCUT2D eigenvalue weighted by molar-refractivity contribution is 7.18. The van der Waals surface area contributed by atoms with Crippen LogP contribution in [0.5, 0.6) is 0 Å². The zero-order chi connectivity index (χ0) is 10.9. The Morgan fingerprint density at radius 3 is 2.36 bits per heavy atom. The Morgan fingerprint density at radius 2 is 2.00 bits per heavy atom. The summed E-state index contributed by atoms with van der Waals surface area (Å²) in [6, 6.07) is 3.53. The minimum Gasteiger partial charge on any atom is -0.297 e. The molecule has 0 amide bonds. The molecule has 0 spiro atoms. The van der Waals surface area contributed by atoms with Crippen LogP contribution < -0.4 is 0 Å². The number of hydrogen-bond donors (Lipinski definition) is 0. The smallest absolute Gasteiger partial charge is 0.192 e. The maximum Gasteiger partial charge on any atom is 0.192 e. The molecule has 0 N–H and O–H groups in total. The number of nitrogens with zero attached hydrogens (tertiary/aromatic N) is 1. The predicted octanol–water partition coefficient (Wildman–Crippen LogP) is 2.92. The van der Waals surface area contributed by atoms with Crippen molar-refractivity contribution < 1.29 is 4.79 Å². The van der Waals surface area contributed by atoms with E-state index in [-0.39, 0.29) is 5.78 Å². The zero-order valence-corrected chi connectivity index (χ0v) is 10.4. The number of thiophene rings is 1. The fourth-order valence-corrected chi connectivity index (χ4v) is 2.08. The van der Waals surface area contributed by atoms with E-state index >= 15 is 0 Å². The number of halogens is 1. The van der Waals surface area contributed by atoms with Gasteiger partial charge in [-0.15, -0.1) is 11.3 Å². The number of carbonyl (C=O) groups excluding carboxylic acids is 1. The first kappa shape index (κ1) is 11.7. The van der Waals surface area contributed by atoms with Crippen LogP contribution in [-0.2, 0) is 0 Å². The van der Waals surface area contributed by atoms with Crippen molar-refractivity contribution in [3.05, 3.63) is 21.3 Å². The van der Waals surface area contributed by atoms with E-state index in [4.69, 9.17) is 11.6 Å². The van der Waals surface area contributed by atoms with Crippen molar-refractivity contribution in [1.29, 1.82) is 0 Å². The average molecular weight is 232 g/mol. The zero-order valence-electron chi connectivity index (χ0n) is 8.80. The second-order valence-corrected chi connectivity index (χ2v) is 5.60. The van der Waals surface area contributed by atoms with Gasteiger partial charge in [0.25, 0.3) is 0 Å². The van der Waals surface area contributed by atoms with Gasteiger partial charge in [-0.05, 0) is 40.1 Å². The third-order valence-corrected chi connectivity index (χ3v) is 3.70. The molecule has 2 nitrogen and oxygen atoms in total. The van der Waals surface area contributed by atoms with E-state index in [9.17, 15) is 4.79 Å². The van der Waals surface area contributed by atoms with Crippen molar-refractivity contribution in [1.82, 2.24) is 4.90 Å². The highest BCUT2D eigenvalue weighted by Crippen LogP contribution is 2.26. The van der Waals surface area contributed by atoms with Crippen LogP contribution in [0, 0.1) is 0 Å². The van der Waals surface area contributed by atoms with Gasteiger partial charge in [0.2, 0.25) is 0 Å². The van der Waals surface area contributed by atoms with Crippen molar-refractivity contribution in [2.75, 3.05) is 14.1 Å². The van der Waals surface area contributed by atoms with Gasteiger partial charge >= 0.3 is 0 Å². The topological polar surface area (TPSA) is 20.3 Å². The molecule has 1 aromatic heterocycles. The molecule has 0 bridgehead atoms. The summed E-state index contributed by atoms with van der Waals surface area (Å²) in [5.41, 5.74) is -0.478. The van der Waals surface area contributed by atoms with Gasteiger partial charge in [-0.25, -0.2) is 0 Å². The molecule has 1 heterocycles. The Hall–Kier alpha value is -0.380. The molecule has 0 unspecified atom stereocenters. The van der Waals surface area contributed by atoms with Crippen LogP contribution in [0.3, 0.4) is 0 Å². The molecule has 4 heteroatoms. The van der Waals surface area contributed by atoms with Gasteiger partial charge in [0.15, 0.2) is 5.78 Å². The lowest BCUT2D eigenvalue weighted by atomic mass is 9.97. The summed E-state index contributed by atoms with van der Waals surface area (Å²) < 4.78 is 0.655. The number of Topliss-reactive ketones (excluding diaryl/α,β-unsaturated/α-hetero) is 1. The normalized spacial score (nSPS) is 12.1. The minimum atomic E-state index is -0.478. The molecule has 14 heavy (non-hydrogen) atoms. The lowest BCUT2D eigenvalue weighted by Gasteiger charge is -2.30. The molecule has 0 fully saturated rings. The van der Waals surface area contributed by atoms with E-state index in [1.165, 1.54) is 11.3 Å². The summed E-state index contributed by atoms with van der Waals surface area (Å²) in [6.07, 6.45) is 0. The summed E-state index contributed by atoms with van der Waals surface area (Å²) in [6.45, 7) is 3.81. The summed E-state index contributed by atoms with van der Waals surface area (Å²) in [7, 11) is 3.79. The molecule has 0 aliphatic heterocycles. The van der Waals surface area contributed by atoms with Gasteiger partial charge in [0, 0.05) is 0 Å². The van der Waals surface area contributed by atoms with Crippen LogP contribution in [0.2, 0.25) is 4.34 Å². The van der Waals surface area contributed by atoms with E-state index < -0.39 is 5.54 Å². The van der Waals surface area contributed by atoms with Gasteiger partial charge in [0.05, 0.1) is 14.8 Å². The maximum absolute atomic E-state index is 12.0. The molecular weight excluding hydrogens is 218 g/mol. The van der Waals surface area contributed by atoms with Gasteiger partial charge in [-0.1, -0.05) is 11.6 Å². The number of hydrogen-bond acceptors (Lipinski definition) is 3. The molecule has 0 aromatic carbocycles. The molecule has 0 atom stereocenters. The molecule has 0 saturated heterocycles. The Kier molecular flexibility index (Phi) is 3.35. The average Bonchev–Trinajstić information content (AvgIpc) is 2.50. The van der Waals surface area contributed by atoms with Crippen LogP contribution in [0.4, 0.5) is 0 Å². The maximum atomic E-state index is 12.0. The van der Waals surface area contributed by atoms with Crippen molar-refractivity contribution in [2.45, 2.75) is 19.4 Å².